The van der Waals surface area contributed by atoms with E-state index in [2.05, 4.69) is 31.0 Å². The molecule has 192 valence electrons. The molecule has 0 atom stereocenters. The smallest absolute Gasteiger partial charge is 0.267 e. The Kier molecular flexibility index (Phi) is 7.09. The first kappa shape index (κ1) is 24.8. The summed E-state index contributed by atoms with van der Waals surface area (Å²) in [5.74, 6) is 0. The summed E-state index contributed by atoms with van der Waals surface area (Å²) < 4.78 is 1.64. The highest BCUT2D eigenvalue weighted by Gasteiger charge is 2.14. The van der Waals surface area contributed by atoms with Crippen molar-refractivity contribution in [1.82, 2.24) is 29.5 Å². The van der Waals surface area contributed by atoms with Gasteiger partial charge < -0.3 is 0 Å². The third kappa shape index (κ3) is 5.63. The summed E-state index contributed by atoms with van der Waals surface area (Å²) in [7, 11) is 0. The second-order valence-corrected chi connectivity index (χ2v) is 9.18. The van der Waals surface area contributed by atoms with Crippen molar-refractivity contribution >= 4 is 35.5 Å². The Morgan fingerprint density at radius 1 is 0.650 bits per heavy atom. The van der Waals surface area contributed by atoms with Crippen LogP contribution in [0.15, 0.2) is 115 Å². The summed E-state index contributed by atoms with van der Waals surface area (Å²) >= 11 is 0. The number of benzene rings is 1. The predicted octanol–water partition coefficient (Wildman–Crippen LogP) is 5.90. The highest BCUT2D eigenvalue weighted by atomic mass is 16.1. The molecule has 5 aromatic heterocycles. The molecule has 5 heterocycles. The minimum Gasteiger partial charge on any atom is -0.267 e. The molecule has 40 heavy (non-hydrogen) atoms. The maximum absolute atomic E-state index is 13.7. The van der Waals surface area contributed by atoms with Crippen LogP contribution in [0.4, 0.5) is 0 Å². The minimum absolute atomic E-state index is 0.200. The fourth-order valence-corrected chi connectivity index (χ4v) is 4.40. The van der Waals surface area contributed by atoms with Gasteiger partial charge in [0.05, 0.1) is 5.69 Å². The van der Waals surface area contributed by atoms with E-state index < -0.39 is 0 Å². The minimum atomic E-state index is -0.200. The molecule has 0 aliphatic rings. The summed E-state index contributed by atoms with van der Waals surface area (Å²) in [6, 6.07) is 21.3. The molecule has 0 saturated heterocycles. The number of hydrogen-bond donors (Lipinski definition) is 0. The van der Waals surface area contributed by atoms with Crippen LogP contribution in [0, 0.1) is 0 Å². The third-order valence-corrected chi connectivity index (χ3v) is 6.33. The molecular formula is C33H24N6O. The zero-order chi connectivity index (χ0) is 27.1. The van der Waals surface area contributed by atoms with Gasteiger partial charge >= 0.3 is 0 Å². The molecule has 0 aliphatic carbocycles. The second kappa shape index (κ2) is 11.4. The van der Waals surface area contributed by atoms with Crippen molar-refractivity contribution in [3.8, 4) is 5.69 Å². The van der Waals surface area contributed by atoms with Crippen LogP contribution >= 0.6 is 0 Å². The quantitative estimate of drug-likeness (QED) is 0.261. The van der Waals surface area contributed by atoms with E-state index in [9.17, 15) is 4.79 Å². The molecule has 6 rings (SSSR count). The largest absolute Gasteiger partial charge is 0.278 e. The molecule has 7 nitrogen and oxygen atoms in total. The van der Waals surface area contributed by atoms with Gasteiger partial charge in [-0.25, -0.2) is 9.97 Å². The summed E-state index contributed by atoms with van der Waals surface area (Å²) in [5, 5.41) is 0. The van der Waals surface area contributed by atoms with Crippen molar-refractivity contribution in [2.45, 2.75) is 6.42 Å². The summed E-state index contributed by atoms with van der Waals surface area (Å²) in [5.41, 5.74) is 7.03. The molecule has 1 aromatic carbocycles. The average Bonchev–Trinajstić information content (AvgIpc) is 3.01. The van der Waals surface area contributed by atoms with Crippen molar-refractivity contribution in [1.29, 1.82) is 0 Å². The molecule has 0 amide bonds. The predicted molar refractivity (Wildman–Crippen MR) is 159 cm³/mol. The summed E-state index contributed by atoms with van der Waals surface area (Å²) in [6.07, 6.45) is 20.8. The Morgan fingerprint density at radius 2 is 1.43 bits per heavy atom. The average molecular weight is 521 g/mol. The third-order valence-electron chi connectivity index (χ3n) is 6.33. The number of hydrogen-bond acceptors (Lipinski definition) is 6. The molecule has 0 bridgehead atoms. The molecule has 0 saturated carbocycles. The van der Waals surface area contributed by atoms with E-state index in [-0.39, 0.29) is 5.56 Å². The number of nitrogens with zero attached hydrogens (tertiary/aromatic N) is 6. The first-order chi connectivity index (χ1) is 19.7. The first-order valence-electron chi connectivity index (χ1n) is 12.8. The second-order valence-electron chi connectivity index (χ2n) is 9.18. The van der Waals surface area contributed by atoms with Crippen molar-refractivity contribution in [3.63, 3.8) is 0 Å². The first-order valence-corrected chi connectivity index (χ1v) is 12.8. The molecule has 0 N–H and O–H groups in total. The van der Waals surface area contributed by atoms with Gasteiger partial charge in [-0.1, -0.05) is 42.5 Å². The molecule has 6 aromatic rings. The van der Waals surface area contributed by atoms with Crippen LogP contribution in [-0.2, 0) is 6.42 Å². The van der Waals surface area contributed by atoms with Crippen molar-refractivity contribution in [3.05, 3.63) is 154 Å². The van der Waals surface area contributed by atoms with Gasteiger partial charge in [-0.3, -0.25) is 24.3 Å². The van der Waals surface area contributed by atoms with Gasteiger partial charge in [0, 0.05) is 49.8 Å². The zero-order valence-corrected chi connectivity index (χ0v) is 21.5. The zero-order valence-electron chi connectivity index (χ0n) is 21.5. The Bertz CT molecular complexity index is 1900. The van der Waals surface area contributed by atoms with Crippen molar-refractivity contribution in [2.24, 2.45) is 0 Å². The van der Waals surface area contributed by atoms with Gasteiger partial charge in [0.2, 0.25) is 0 Å². The summed E-state index contributed by atoms with van der Waals surface area (Å²) in [6.45, 7) is 0. The fourth-order valence-electron chi connectivity index (χ4n) is 4.40. The van der Waals surface area contributed by atoms with Crippen LogP contribution in [0.1, 0.15) is 33.5 Å². The molecular weight excluding hydrogens is 496 g/mol. The van der Waals surface area contributed by atoms with E-state index in [1.54, 1.807) is 35.6 Å². The molecule has 0 fully saturated rings. The number of fused-ring (bicyclic) bond motifs is 1. The van der Waals surface area contributed by atoms with Crippen LogP contribution in [0.5, 0.6) is 0 Å². The van der Waals surface area contributed by atoms with Gasteiger partial charge in [-0.05, 0) is 76.3 Å². The molecule has 7 heteroatoms. The Labute approximate surface area is 230 Å². The van der Waals surface area contributed by atoms with E-state index in [4.69, 9.17) is 0 Å². The van der Waals surface area contributed by atoms with Crippen molar-refractivity contribution in [2.75, 3.05) is 0 Å². The van der Waals surface area contributed by atoms with E-state index in [1.807, 2.05) is 97.4 Å². The standard InChI is InChI=1S/C33H24N6O/c40-33-31(20-26-5-2-14-35-21-26)38-30-7-3-15-37-32(30)39(33)29-6-1-4-25(19-29)9-11-28-18-27(22-36-23-28)10-8-24-12-16-34-17-13-24/h1-19,21-23H,20H2. The molecule has 0 radical (unpaired) electrons. The van der Waals surface area contributed by atoms with Gasteiger partial charge in [0.15, 0.2) is 5.65 Å². The van der Waals surface area contributed by atoms with Crippen LogP contribution < -0.4 is 5.56 Å². The highest BCUT2D eigenvalue weighted by Crippen LogP contribution is 2.18. The van der Waals surface area contributed by atoms with Crippen LogP contribution in [0.3, 0.4) is 0 Å². The lowest BCUT2D eigenvalue weighted by Crippen LogP contribution is -2.25. The van der Waals surface area contributed by atoms with Gasteiger partial charge in [-0.15, -0.1) is 0 Å². The normalized spacial score (nSPS) is 11.5. The Morgan fingerprint density at radius 3 is 2.23 bits per heavy atom. The van der Waals surface area contributed by atoms with E-state index in [1.165, 1.54) is 0 Å². The molecule has 0 spiro atoms. The van der Waals surface area contributed by atoms with Crippen LogP contribution in [0.25, 0.3) is 41.2 Å². The number of rotatable bonds is 7. The van der Waals surface area contributed by atoms with E-state index in [0.29, 0.717) is 23.3 Å². The maximum atomic E-state index is 13.7. The van der Waals surface area contributed by atoms with Crippen LogP contribution in [0.2, 0.25) is 0 Å². The number of aromatic nitrogens is 6. The van der Waals surface area contributed by atoms with Gasteiger partial charge in [-0.2, -0.15) is 0 Å². The lowest BCUT2D eigenvalue weighted by Gasteiger charge is -2.12. The van der Waals surface area contributed by atoms with E-state index >= 15 is 0 Å². The SMILES string of the molecule is O=c1c(Cc2cccnc2)nc2cccnc2n1-c1cccc(C=Cc2cncc(C=Cc3ccncc3)c2)c1. The van der Waals surface area contributed by atoms with E-state index in [0.717, 1.165) is 33.5 Å². The monoisotopic (exact) mass is 520 g/mol. The number of pyridine rings is 4. The molecule has 0 aliphatic heterocycles. The summed E-state index contributed by atoms with van der Waals surface area (Å²) in [4.78, 5) is 35.4. The highest BCUT2D eigenvalue weighted by molar-refractivity contribution is 5.75. The van der Waals surface area contributed by atoms with Gasteiger partial charge in [0.1, 0.15) is 11.2 Å². The van der Waals surface area contributed by atoms with Crippen molar-refractivity contribution < 1.29 is 0 Å². The maximum Gasteiger partial charge on any atom is 0.278 e. The topological polar surface area (TPSA) is 86.5 Å². The van der Waals surface area contributed by atoms with Gasteiger partial charge in [0.25, 0.3) is 5.56 Å². The Balaban J connectivity index is 1.32. The lowest BCUT2D eigenvalue weighted by molar-refractivity contribution is 0.924. The lowest BCUT2D eigenvalue weighted by atomic mass is 10.1. The Hall–Kier alpha value is -5.56. The van der Waals surface area contributed by atoms with Crippen LogP contribution in [-0.4, -0.2) is 29.5 Å². The molecule has 0 unspecified atom stereocenters. The fraction of sp³-hybridized carbons (Fsp3) is 0.0303.